The molecule has 2 aliphatic rings. The molecule has 25 heavy (non-hydrogen) atoms. The Morgan fingerprint density at radius 1 is 0.960 bits per heavy atom. The summed E-state index contributed by atoms with van der Waals surface area (Å²) in [6.45, 7) is 0. The van der Waals surface area contributed by atoms with Crippen LogP contribution in [0, 0.1) is 0 Å². The highest BCUT2D eigenvalue weighted by Gasteiger charge is 2.38. The van der Waals surface area contributed by atoms with Crippen LogP contribution < -0.4 is 9.47 Å². The van der Waals surface area contributed by atoms with Gasteiger partial charge in [0.2, 0.25) is 0 Å². The molecule has 4 heteroatoms. The van der Waals surface area contributed by atoms with Gasteiger partial charge in [-0.1, -0.05) is 40.9 Å². The molecule has 0 aromatic heterocycles. The van der Waals surface area contributed by atoms with E-state index in [-0.39, 0.29) is 12.2 Å². The molecule has 3 unspecified atom stereocenters. The first-order valence-electron chi connectivity index (χ1n) is 8.88. The van der Waals surface area contributed by atoms with Crippen molar-refractivity contribution < 1.29 is 14.2 Å². The topological polar surface area (TPSA) is 27.7 Å². The lowest BCUT2D eigenvalue weighted by Crippen LogP contribution is -2.33. The van der Waals surface area contributed by atoms with Crippen molar-refractivity contribution in [2.24, 2.45) is 0 Å². The maximum absolute atomic E-state index is 6.61. The molecule has 3 atom stereocenters. The van der Waals surface area contributed by atoms with Gasteiger partial charge in [-0.2, -0.15) is 0 Å². The molecular weight excluding hydrogens is 380 g/mol. The third-order valence-corrected chi connectivity index (χ3v) is 5.93. The summed E-state index contributed by atoms with van der Waals surface area (Å²) in [5, 5.41) is 0. The van der Waals surface area contributed by atoms with E-state index in [9.17, 15) is 0 Å². The smallest absolute Gasteiger partial charge is 0.161 e. The van der Waals surface area contributed by atoms with Gasteiger partial charge >= 0.3 is 0 Å². The Bertz CT molecular complexity index is 774. The second-order valence-corrected chi connectivity index (χ2v) is 7.75. The van der Waals surface area contributed by atoms with E-state index in [0.717, 1.165) is 22.4 Å². The molecule has 4 rings (SSSR count). The van der Waals surface area contributed by atoms with Crippen LogP contribution in [0.15, 0.2) is 40.9 Å². The van der Waals surface area contributed by atoms with Crippen molar-refractivity contribution in [1.82, 2.24) is 0 Å². The maximum Gasteiger partial charge on any atom is 0.161 e. The summed E-state index contributed by atoms with van der Waals surface area (Å²) in [4.78, 5) is 0. The highest BCUT2D eigenvalue weighted by molar-refractivity contribution is 9.10. The van der Waals surface area contributed by atoms with Gasteiger partial charge in [0, 0.05) is 10.4 Å². The van der Waals surface area contributed by atoms with Gasteiger partial charge in [0.1, 0.15) is 6.10 Å². The number of hydrogen-bond acceptors (Lipinski definition) is 3. The van der Waals surface area contributed by atoms with E-state index < -0.39 is 0 Å². The molecular formula is C21H23BrO3. The number of methoxy groups -OCH3 is 2. The molecule has 1 saturated carbocycles. The Balaban J connectivity index is 1.87. The highest BCUT2D eigenvalue weighted by atomic mass is 79.9. The van der Waals surface area contributed by atoms with Crippen LogP contribution in [0.1, 0.15) is 54.4 Å². The van der Waals surface area contributed by atoms with E-state index in [4.69, 9.17) is 14.2 Å². The fourth-order valence-corrected chi connectivity index (χ4v) is 4.67. The van der Waals surface area contributed by atoms with Crippen LogP contribution in [-0.2, 0) is 4.74 Å². The number of hydrogen-bond donors (Lipinski definition) is 0. The van der Waals surface area contributed by atoms with Gasteiger partial charge in [-0.15, -0.1) is 0 Å². The lowest BCUT2D eigenvalue weighted by atomic mass is 9.76. The molecule has 0 saturated heterocycles. The highest BCUT2D eigenvalue weighted by Crippen LogP contribution is 2.49. The lowest BCUT2D eigenvalue weighted by Gasteiger charge is -2.41. The van der Waals surface area contributed by atoms with E-state index in [2.05, 4.69) is 46.3 Å². The Hall–Kier alpha value is -1.52. The third kappa shape index (κ3) is 3.06. The van der Waals surface area contributed by atoms with Crippen LogP contribution in [-0.4, -0.2) is 20.3 Å². The number of benzene rings is 2. The van der Waals surface area contributed by atoms with Crippen molar-refractivity contribution in [2.75, 3.05) is 14.2 Å². The van der Waals surface area contributed by atoms with Crippen LogP contribution in [0.3, 0.4) is 0 Å². The molecule has 1 heterocycles. The Morgan fingerprint density at radius 2 is 1.68 bits per heavy atom. The fraction of sp³-hybridized carbons (Fsp3) is 0.429. The van der Waals surface area contributed by atoms with E-state index in [1.165, 1.54) is 36.0 Å². The summed E-state index contributed by atoms with van der Waals surface area (Å²) in [6, 6.07) is 12.7. The van der Waals surface area contributed by atoms with Gasteiger partial charge in [0.15, 0.2) is 11.5 Å². The molecule has 0 radical (unpaired) electrons. The van der Waals surface area contributed by atoms with Gasteiger partial charge in [-0.05, 0) is 53.8 Å². The van der Waals surface area contributed by atoms with E-state index in [1.807, 2.05) is 6.07 Å². The predicted molar refractivity (Wildman–Crippen MR) is 102 cm³/mol. The molecule has 0 amide bonds. The summed E-state index contributed by atoms with van der Waals surface area (Å²) in [7, 11) is 3.39. The predicted octanol–water partition coefficient (Wildman–Crippen LogP) is 5.61. The first kappa shape index (κ1) is 16.9. The SMILES string of the molecule is COc1cc2c(cc1OC)C1CCCCC1OC2c1cccc(Br)c1. The fourth-order valence-electron chi connectivity index (χ4n) is 4.25. The molecule has 2 aromatic carbocycles. The second-order valence-electron chi connectivity index (χ2n) is 6.84. The van der Waals surface area contributed by atoms with Crippen LogP contribution in [0.2, 0.25) is 0 Å². The summed E-state index contributed by atoms with van der Waals surface area (Å²) in [5.41, 5.74) is 3.74. The zero-order valence-corrected chi connectivity index (χ0v) is 16.2. The summed E-state index contributed by atoms with van der Waals surface area (Å²) >= 11 is 3.59. The quantitative estimate of drug-likeness (QED) is 0.667. The van der Waals surface area contributed by atoms with Crippen molar-refractivity contribution in [3.05, 3.63) is 57.6 Å². The van der Waals surface area contributed by atoms with Gasteiger partial charge < -0.3 is 14.2 Å². The van der Waals surface area contributed by atoms with Gasteiger partial charge in [-0.25, -0.2) is 0 Å². The third-order valence-electron chi connectivity index (χ3n) is 5.44. The molecule has 1 aliphatic carbocycles. The van der Waals surface area contributed by atoms with Crippen molar-refractivity contribution in [3.63, 3.8) is 0 Å². The minimum atomic E-state index is -0.0633. The average molecular weight is 403 g/mol. The molecule has 1 fully saturated rings. The standard InChI is InChI=1S/C21H23BrO3/c1-23-19-11-16-15-8-3-4-9-18(15)25-21(17(16)12-20(19)24-2)13-6-5-7-14(22)10-13/h5-7,10-12,15,18,21H,3-4,8-9H2,1-2H3. The number of rotatable bonds is 3. The zero-order chi connectivity index (χ0) is 17.4. The van der Waals surface area contributed by atoms with Crippen LogP contribution >= 0.6 is 15.9 Å². The molecule has 0 N–H and O–H groups in total. The Kier molecular flexibility index (Phi) is 4.74. The first-order chi connectivity index (χ1) is 12.2. The van der Waals surface area contributed by atoms with E-state index >= 15 is 0 Å². The van der Waals surface area contributed by atoms with Crippen molar-refractivity contribution in [2.45, 2.75) is 43.8 Å². The summed E-state index contributed by atoms with van der Waals surface area (Å²) in [6.07, 6.45) is 5.03. The Morgan fingerprint density at radius 3 is 2.40 bits per heavy atom. The Labute approximate surface area is 157 Å². The van der Waals surface area contributed by atoms with Crippen LogP contribution in [0.4, 0.5) is 0 Å². The molecule has 1 aliphatic heterocycles. The zero-order valence-electron chi connectivity index (χ0n) is 14.6. The molecule has 2 aromatic rings. The largest absolute Gasteiger partial charge is 0.493 e. The molecule has 132 valence electrons. The molecule has 3 nitrogen and oxygen atoms in total. The van der Waals surface area contributed by atoms with E-state index in [1.54, 1.807) is 14.2 Å². The van der Waals surface area contributed by atoms with Gasteiger partial charge in [-0.3, -0.25) is 0 Å². The number of fused-ring (bicyclic) bond motifs is 3. The monoisotopic (exact) mass is 402 g/mol. The van der Waals surface area contributed by atoms with Gasteiger partial charge in [0.25, 0.3) is 0 Å². The number of ether oxygens (including phenoxy) is 3. The second kappa shape index (κ2) is 7.00. The molecule has 0 spiro atoms. The van der Waals surface area contributed by atoms with Crippen molar-refractivity contribution >= 4 is 15.9 Å². The van der Waals surface area contributed by atoms with Crippen molar-refractivity contribution in [1.29, 1.82) is 0 Å². The summed E-state index contributed by atoms with van der Waals surface area (Å²) in [5.74, 6) is 2.02. The average Bonchev–Trinajstić information content (AvgIpc) is 2.66. The normalized spacial score (nSPS) is 25.0. The number of halogens is 1. The maximum atomic E-state index is 6.61. The van der Waals surface area contributed by atoms with Crippen molar-refractivity contribution in [3.8, 4) is 11.5 Å². The minimum Gasteiger partial charge on any atom is -0.493 e. The van der Waals surface area contributed by atoms with E-state index in [0.29, 0.717) is 5.92 Å². The van der Waals surface area contributed by atoms with Crippen LogP contribution in [0.25, 0.3) is 0 Å². The molecule has 0 bridgehead atoms. The minimum absolute atomic E-state index is 0.0633. The lowest BCUT2D eigenvalue weighted by molar-refractivity contribution is -0.0391. The summed E-state index contributed by atoms with van der Waals surface area (Å²) < 4.78 is 18.8. The first-order valence-corrected chi connectivity index (χ1v) is 9.67. The van der Waals surface area contributed by atoms with Gasteiger partial charge in [0.05, 0.1) is 20.3 Å². The van der Waals surface area contributed by atoms with Crippen LogP contribution in [0.5, 0.6) is 11.5 Å².